The summed E-state index contributed by atoms with van der Waals surface area (Å²) in [5.74, 6) is -0.459. The van der Waals surface area contributed by atoms with Crippen molar-refractivity contribution in [1.29, 1.82) is 0 Å². The predicted octanol–water partition coefficient (Wildman–Crippen LogP) is 0.824. The molecule has 0 spiro atoms. The van der Waals surface area contributed by atoms with Crippen LogP contribution in [-0.2, 0) is 10.0 Å². The van der Waals surface area contributed by atoms with E-state index in [1.165, 1.54) is 18.2 Å². The number of primary amides is 1. The van der Waals surface area contributed by atoms with Crippen molar-refractivity contribution in [3.05, 3.63) is 28.2 Å². The standard InChI is InChI=1S/C13H18BrN3O3S/c1-8-7-16-3-2-12(8)17-21(19,20)11-5-9(13(15)18)4-10(14)6-11/h4-6,8,12,16-17H,2-3,7H2,1H3,(H2,15,18). The SMILES string of the molecule is CC1CNCCC1NS(=O)(=O)c1cc(Br)cc(C(N)=O)c1. The molecule has 2 atom stereocenters. The van der Waals surface area contributed by atoms with Gasteiger partial charge in [-0.1, -0.05) is 22.9 Å². The number of nitrogens with two attached hydrogens (primary N) is 1. The largest absolute Gasteiger partial charge is 0.366 e. The van der Waals surface area contributed by atoms with E-state index in [1.807, 2.05) is 6.92 Å². The second kappa shape index (κ2) is 6.43. The first-order chi connectivity index (χ1) is 9.79. The fraction of sp³-hybridized carbons (Fsp3) is 0.462. The molecule has 1 aliphatic rings. The van der Waals surface area contributed by atoms with E-state index in [2.05, 4.69) is 26.0 Å². The smallest absolute Gasteiger partial charge is 0.248 e. The van der Waals surface area contributed by atoms with E-state index in [0.29, 0.717) is 4.47 Å². The summed E-state index contributed by atoms with van der Waals surface area (Å²) in [5, 5.41) is 3.22. The third kappa shape index (κ3) is 4.03. The van der Waals surface area contributed by atoms with Crippen molar-refractivity contribution in [3.8, 4) is 0 Å². The van der Waals surface area contributed by atoms with Crippen LogP contribution in [0.5, 0.6) is 0 Å². The number of hydrogen-bond acceptors (Lipinski definition) is 4. The normalized spacial score (nSPS) is 23.0. The van der Waals surface area contributed by atoms with E-state index >= 15 is 0 Å². The highest BCUT2D eigenvalue weighted by atomic mass is 79.9. The maximum absolute atomic E-state index is 12.5. The van der Waals surface area contributed by atoms with Crippen LogP contribution in [0.4, 0.5) is 0 Å². The summed E-state index contributed by atoms with van der Waals surface area (Å²) in [4.78, 5) is 11.3. The lowest BCUT2D eigenvalue weighted by Gasteiger charge is -2.30. The molecule has 116 valence electrons. The maximum Gasteiger partial charge on any atom is 0.248 e. The van der Waals surface area contributed by atoms with E-state index in [9.17, 15) is 13.2 Å². The number of piperidine rings is 1. The number of carbonyl (C=O) groups is 1. The Morgan fingerprint density at radius 1 is 1.43 bits per heavy atom. The zero-order chi connectivity index (χ0) is 15.6. The average Bonchev–Trinajstić information content (AvgIpc) is 2.40. The summed E-state index contributed by atoms with van der Waals surface area (Å²) < 4.78 is 28.1. The molecule has 1 heterocycles. The molecule has 0 saturated carbocycles. The quantitative estimate of drug-likeness (QED) is 0.724. The van der Waals surface area contributed by atoms with Gasteiger partial charge in [0.1, 0.15) is 0 Å². The summed E-state index contributed by atoms with van der Waals surface area (Å²) in [6.07, 6.45) is 0.733. The molecule has 8 heteroatoms. The highest BCUT2D eigenvalue weighted by molar-refractivity contribution is 9.10. The number of benzene rings is 1. The van der Waals surface area contributed by atoms with Crippen LogP contribution >= 0.6 is 15.9 Å². The minimum absolute atomic E-state index is 0.0383. The molecule has 1 saturated heterocycles. The molecule has 4 N–H and O–H groups in total. The minimum Gasteiger partial charge on any atom is -0.366 e. The van der Waals surface area contributed by atoms with Gasteiger partial charge in [-0.3, -0.25) is 4.79 Å². The molecule has 1 amide bonds. The van der Waals surface area contributed by atoms with E-state index < -0.39 is 15.9 Å². The molecule has 0 bridgehead atoms. The fourth-order valence-electron chi connectivity index (χ4n) is 2.32. The van der Waals surface area contributed by atoms with Crippen LogP contribution in [0.15, 0.2) is 27.6 Å². The molecular weight excluding hydrogens is 358 g/mol. The summed E-state index contributed by atoms with van der Waals surface area (Å²) in [5.41, 5.74) is 5.37. The van der Waals surface area contributed by atoms with E-state index in [4.69, 9.17) is 5.73 Å². The molecule has 2 unspecified atom stereocenters. The van der Waals surface area contributed by atoms with Gasteiger partial charge in [-0.15, -0.1) is 0 Å². The van der Waals surface area contributed by atoms with Gasteiger partial charge in [-0.2, -0.15) is 0 Å². The highest BCUT2D eigenvalue weighted by Crippen LogP contribution is 2.21. The molecule has 0 radical (unpaired) electrons. The Hall–Kier alpha value is -0.960. The van der Waals surface area contributed by atoms with Crippen molar-refractivity contribution in [3.63, 3.8) is 0 Å². The third-order valence-electron chi connectivity index (χ3n) is 3.56. The Labute approximate surface area is 132 Å². The monoisotopic (exact) mass is 375 g/mol. The van der Waals surface area contributed by atoms with Crippen molar-refractivity contribution in [2.24, 2.45) is 11.7 Å². The van der Waals surface area contributed by atoms with Crippen LogP contribution in [0.3, 0.4) is 0 Å². The maximum atomic E-state index is 12.5. The van der Waals surface area contributed by atoms with Crippen molar-refractivity contribution >= 4 is 31.9 Å². The van der Waals surface area contributed by atoms with Crippen LogP contribution in [0.1, 0.15) is 23.7 Å². The molecule has 6 nitrogen and oxygen atoms in total. The fourth-order valence-corrected chi connectivity index (χ4v) is 4.41. The van der Waals surface area contributed by atoms with Gasteiger partial charge in [-0.25, -0.2) is 13.1 Å². The van der Waals surface area contributed by atoms with E-state index in [1.54, 1.807) is 0 Å². The van der Waals surface area contributed by atoms with Crippen LogP contribution in [-0.4, -0.2) is 33.5 Å². The second-order valence-electron chi connectivity index (χ2n) is 5.24. The lowest BCUT2D eigenvalue weighted by Crippen LogP contribution is -2.48. The van der Waals surface area contributed by atoms with Gasteiger partial charge in [0.25, 0.3) is 0 Å². The Kier molecular flexibility index (Phi) is 5.03. The summed E-state index contributed by atoms with van der Waals surface area (Å²) in [7, 11) is -3.69. The molecule has 0 aromatic heterocycles. The zero-order valence-corrected chi connectivity index (χ0v) is 14.0. The number of sulfonamides is 1. The molecule has 1 aromatic carbocycles. The lowest BCUT2D eigenvalue weighted by atomic mass is 9.97. The van der Waals surface area contributed by atoms with Crippen molar-refractivity contribution < 1.29 is 13.2 Å². The van der Waals surface area contributed by atoms with Crippen LogP contribution in [0.2, 0.25) is 0 Å². The Morgan fingerprint density at radius 2 is 2.14 bits per heavy atom. The number of rotatable bonds is 4. The van der Waals surface area contributed by atoms with Crippen LogP contribution < -0.4 is 15.8 Å². The molecule has 2 rings (SSSR count). The minimum atomic E-state index is -3.69. The Balaban J connectivity index is 2.28. The average molecular weight is 376 g/mol. The van der Waals surface area contributed by atoms with Gasteiger partial charge in [0.15, 0.2) is 0 Å². The van der Waals surface area contributed by atoms with Crippen molar-refractivity contribution in [2.75, 3.05) is 13.1 Å². The number of amides is 1. The summed E-state index contributed by atoms with van der Waals surface area (Å²) in [6.45, 7) is 3.55. The Bertz CT molecular complexity index is 648. The van der Waals surface area contributed by atoms with Gasteiger partial charge >= 0.3 is 0 Å². The number of hydrogen-bond donors (Lipinski definition) is 3. The number of nitrogens with one attached hydrogen (secondary N) is 2. The first-order valence-electron chi connectivity index (χ1n) is 6.63. The van der Waals surface area contributed by atoms with Gasteiger partial charge < -0.3 is 11.1 Å². The van der Waals surface area contributed by atoms with Crippen LogP contribution in [0.25, 0.3) is 0 Å². The second-order valence-corrected chi connectivity index (χ2v) is 7.87. The van der Waals surface area contributed by atoms with E-state index in [0.717, 1.165) is 19.5 Å². The van der Waals surface area contributed by atoms with Gasteiger partial charge in [0.05, 0.1) is 4.90 Å². The number of carbonyl (C=O) groups excluding carboxylic acids is 1. The van der Waals surface area contributed by atoms with Gasteiger partial charge in [0, 0.05) is 16.1 Å². The number of halogens is 1. The molecular formula is C13H18BrN3O3S. The zero-order valence-electron chi connectivity index (χ0n) is 11.6. The van der Waals surface area contributed by atoms with Crippen molar-refractivity contribution in [1.82, 2.24) is 10.0 Å². The first kappa shape index (κ1) is 16.4. The molecule has 1 fully saturated rings. The molecule has 0 aliphatic carbocycles. The third-order valence-corrected chi connectivity index (χ3v) is 5.49. The van der Waals surface area contributed by atoms with Crippen LogP contribution in [0, 0.1) is 5.92 Å². The Morgan fingerprint density at radius 3 is 2.76 bits per heavy atom. The topological polar surface area (TPSA) is 101 Å². The predicted molar refractivity (Wildman–Crippen MR) is 83.4 cm³/mol. The molecule has 1 aliphatic heterocycles. The molecule has 1 aromatic rings. The lowest BCUT2D eigenvalue weighted by molar-refractivity contribution is 0.1000. The summed E-state index contributed by atoms with van der Waals surface area (Å²) >= 11 is 3.20. The van der Waals surface area contributed by atoms with Gasteiger partial charge in [-0.05, 0) is 43.6 Å². The highest BCUT2D eigenvalue weighted by Gasteiger charge is 2.27. The van der Waals surface area contributed by atoms with Gasteiger partial charge in [0.2, 0.25) is 15.9 Å². The molecule has 21 heavy (non-hydrogen) atoms. The van der Waals surface area contributed by atoms with Crippen molar-refractivity contribution in [2.45, 2.75) is 24.3 Å². The van der Waals surface area contributed by atoms with E-state index in [-0.39, 0.29) is 22.4 Å². The summed E-state index contributed by atoms with van der Waals surface area (Å²) in [6, 6.07) is 4.13. The first-order valence-corrected chi connectivity index (χ1v) is 8.90.